The van der Waals surface area contributed by atoms with Crippen molar-refractivity contribution < 1.29 is 8.78 Å². The molecule has 0 aromatic heterocycles. The van der Waals surface area contributed by atoms with Crippen molar-refractivity contribution in [2.75, 3.05) is 0 Å². The Labute approximate surface area is 76.7 Å². The van der Waals surface area contributed by atoms with E-state index in [0.29, 0.717) is 0 Å². The first kappa shape index (κ1) is 9.04. The minimum atomic E-state index is -1.05. The molecule has 0 bridgehead atoms. The number of rotatable bonds is 0. The van der Waals surface area contributed by atoms with E-state index in [1.165, 1.54) is 0 Å². The summed E-state index contributed by atoms with van der Waals surface area (Å²) in [5, 5.41) is -1.54. The number of hydrogen-bond donors (Lipinski definition) is 0. The molecular weight excluding hydrogens is 216 g/mol. The fourth-order valence-electron chi connectivity index (χ4n) is 0.495. The topological polar surface area (TPSA) is 0 Å². The van der Waals surface area contributed by atoms with Gasteiger partial charge in [-0.2, -0.15) is 0 Å². The molecule has 0 nitrogen and oxygen atoms in total. The fourth-order valence-corrected chi connectivity index (χ4v) is 1.21. The van der Waals surface area contributed by atoms with Crippen molar-refractivity contribution in [2.24, 2.45) is 0 Å². The second-order valence-corrected chi connectivity index (χ2v) is 2.83. The van der Waals surface area contributed by atoms with Crippen LogP contribution in [0.4, 0.5) is 8.78 Å². The van der Waals surface area contributed by atoms with Gasteiger partial charge >= 0.3 is 0 Å². The Morgan fingerprint density at radius 1 is 0.909 bits per heavy atom. The summed E-state index contributed by atoms with van der Waals surface area (Å²) < 4.78 is 25.2. The molecule has 0 heterocycles. The monoisotopic (exact) mass is 215 g/mol. The zero-order chi connectivity index (χ0) is 8.59. The quantitative estimate of drug-likeness (QED) is 0.458. The van der Waals surface area contributed by atoms with Crippen molar-refractivity contribution in [1.29, 1.82) is 0 Å². The van der Waals surface area contributed by atoms with Crippen LogP contribution in [0, 0.1) is 17.7 Å². The molecule has 0 aliphatic rings. The Balaban J connectivity index is 3.46. The lowest BCUT2D eigenvalue weighted by molar-refractivity contribution is 0.584. The Morgan fingerprint density at radius 3 is 1.64 bits per heavy atom. The molecule has 0 aliphatic heterocycles. The highest BCUT2D eigenvalue weighted by atomic mass is 35.5. The van der Waals surface area contributed by atoms with Crippen LogP contribution in [0.3, 0.4) is 0 Å². The van der Waals surface area contributed by atoms with E-state index in [1.54, 1.807) is 0 Å². The van der Waals surface area contributed by atoms with Crippen molar-refractivity contribution >= 4 is 34.8 Å². The van der Waals surface area contributed by atoms with Gasteiger partial charge in [0, 0.05) is 6.07 Å². The maximum absolute atomic E-state index is 12.6. The van der Waals surface area contributed by atoms with Gasteiger partial charge in [-0.3, -0.25) is 0 Å². The standard InChI is InChI=1S/C6Cl3F2/c7-2-1-3(8)6(11)4(9)5(2)10. The number of hydrogen-bond acceptors (Lipinski definition) is 0. The molecule has 0 saturated heterocycles. The van der Waals surface area contributed by atoms with E-state index in [1.807, 2.05) is 6.07 Å². The zero-order valence-electron chi connectivity index (χ0n) is 4.89. The van der Waals surface area contributed by atoms with E-state index in [-0.39, 0.29) is 0 Å². The van der Waals surface area contributed by atoms with Gasteiger partial charge in [0.05, 0.1) is 10.0 Å². The summed E-state index contributed by atoms with van der Waals surface area (Å²) >= 11 is 15.6. The molecule has 1 radical (unpaired) electrons. The summed E-state index contributed by atoms with van der Waals surface area (Å²) in [5.74, 6) is -2.09. The third-order valence-corrected chi connectivity index (χ3v) is 1.84. The van der Waals surface area contributed by atoms with E-state index in [2.05, 4.69) is 0 Å². The van der Waals surface area contributed by atoms with E-state index in [9.17, 15) is 8.78 Å². The van der Waals surface area contributed by atoms with Gasteiger partial charge in [-0.1, -0.05) is 34.8 Å². The Bertz CT molecular complexity index is 272. The van der Waals surface area contributed by atoms with Crippen LogP contribution in [-0.2, 0) is 0 Å². The second kappa shape index (κ2) is 3.13. The molecule has 0 unspecified atom stereocenters. The molecule has 0 fully saturated rings. The summed E-state index contributed by atoms with van der Waals surface area (Å²) in [6.07, 6.45) is 0. The predicted molar refractivity (Wildman–Crippen MR) is 40.2 cm³/mol. The molecule has 0 N–H and O–H groups in total. The van der Waals surface area contributed by atoms with Crippen LogP contribution in [0.2, 0.25) is 15.1 Å². The minimum Gasteiger partial charge on any atom is -0.204 e. The van der Waals surface area contributed by atoms with Crippen LogP contribution < -0.4 is 0 Å². The zero-order valence-corrected chi connectivity index (χ0v) is 7.16. The molecule has 1 aromatic carbocycles. The van der Waals surface area contributed by atoms with E-state index < -0.39 is 26.7 Å². The lowest BCUT2D eigenvalue weighted by Gasteiger charge is -1.99. The summed E-state index contributed by atoms with van der Waals surface area (Å²) in [7, 11) is 0. The van der Waals surface area contributed by atoms with Crippen molar-refractivity contribution in [1.82, 2.24) is 0 Å². The normalized spacial score (nSPS) is 10.3. The summed E-state index contributed by atoms with van der Waals surface area (Å²) in [4.78, 5) is 0. The van der Waals surface area contributed by atoms with Gasteiger partial charge in [-0.05, 0) is 0 Å². The molecule has 0 spiro atoms. The van der Waals surface area contributed by atoms with Crippen molar-refractivity contribution in [2.45, 2.75) is 0 Å². The molecule has 59 valence electrons. The Hall–Kier alpha value is -0.0500. The minimum absolute atomic E-state index is 0.415. The lowest BCUT2D eigenvalue weighted by atomic mass is 10.3. The second-order valence-electron chi connectivity index (χ2n) is 1.69. The van der Waals surface area contributed by atoms with Crippen molar-refractivity contribution in [3.63, 3.8) is 0 Å². The van der Waals surface area contributed by atoms with Crippen LogP contribution in [0.5, 0.6) is 0 Å². The van der Waals surface area contributed by atoms with Gasteiger partial charge in [-0.15, -0.1) is 0 Å². The average Bonchev–Trinajstić information content (AvgIpc) is 1.97. The summed E-state index contributed by atoms with van der Waals surface area (Å²) in [5.41, 5.74) is 0. The van der Waals surface area contributed by atoms with E-state index in [0.717, 1.165) is 0 Å². The molecule has 0 aliphatic carbocycles. The van der Waals surface area contributed by atoms with Gasteiger partial charge in [-0.25, -0.2) is 8.78 Å². The first-order valence-electron chi connectivity index (χ1n) is 2.44. The fraction of sp³-hybridized carbons (Fsp3) is 0. The van der Waals surface area contributed by atoms with Crippen molar-refractivity contribution in [3.8, 4) is 0 Å². The smallest absolute Gasteiger partial charge is 0.164 e. The van der Waals surface area contributed by atoms with Crippen LogP contribution in [-0.4, -0.2) is 0 Å². The van der Waals surface area contributed by atoms with Gasteiger partial charge in [0.25, 0.3) is 0 Å². The molecular formula is C6Cl3F2. The Morgan fingerprint density at radius 2 is 1.27 bits per heavy atom. The molecule has 1 aromatic rings. The number of benzene rings is 1. The van der Waals surface area contributed by atoms with Crippen LogP contribution in [0.25, 0.3) is 0 Å². The average molecular weight is 216 g/mol. The van der Waals surface area contributed by atoms with Crippen LogP contribution in [0.15, 0.2) is 0 Å². The summed E-state index contributed by atoms with van der Waals surface area (Å²) in [6, 6.07) is 2.04. The molecule has 5 heteroatoms. The number of halogens is 5. The molecule has 0 atom stereocenters. The van der Waals surface area contributed by atoms with Gasteiger partial charge in [0.2, 0.25) is 0 Å². The maximum atomic E-state index is 12.6. The largest absolute Gasteiger partial charge is 0.204 e. The highest BCUT2D eigenvalue weighted by molar-refractivity contribution is 6.38. The SMILES string of the molecule is Fc1c(Cl)[c]c(Cl)c(F)c1Cl. The first-order valence-corrected chi connectivity index (χ1v) is 3.58. The lowest BCUT2D eigenvalue weighted by Crippen LogP contribution is -1.86. The van der Waals surface area contributed by atoms with Gasteiger partial charge < -0.3 is 0 Å². The molecule has 11 heavy (non-hydrogen) atoms. The first-order chi connectivity index (χ1) is 5.04. The van der Waals surface area contributed by atoms with Crippen LogP contribution in [0.1, 0.15) is 0 Å². The third-order valence-electron chi connectivity index (χ3n) is 0.990. The summed E-state index contributed by atoms with van der Waals surface area (Å²) in [6.45, 7) is 0. The van der Waals surface area contributed by atoms with Crippen molar-refractivity contribution in [3.05, 3.63) is 32.8 Å². The molecule has 1 rings (SSSR count). The third kappa shape index (κ3) is 1.58. The predicted octanol–water partition coefficient (Wildman–Crippen LogP) is 3.73. The van der Waals surface area contributed by atoms with Gasteiger partial charge in [0.15, 0.2) is 11.6 Å². The molecule has 0 saturated carbocycles. The highest BCUT2D eigenvalue weighted by Gasteiger charge is 2.14. The highest BCUT2D eigenvalue weighted by Crippen LogP contribution is 2.30. The Kier molecular flexibility index (Phi) is 2.58. The van der Waals surface area contributed by atoms with E-state index >= 15 is 0 Å². The van der Waals surface area contributed by atoms with E-state index in [4.69, 9.17) is 34.8 Å². The maximum Gasteiger partial charge on any atom is 0.164 e. The molecule has 0 amide bonds. The van der Waals surface area contributed by atoms with Crippen LogP contribution >= 0.6 is 34.8 Å². The van der Waals surface area contributed by atoms with Gasteiger partial charge in [0.1, 0.15) is 5.02 Å².